The highest BCUT2D eigenvalue weighted by Crippen LogP contribution is 2.17. The molecule has 0 radical (unpaired) electrons. The lowest BCUT2D eigenvalue weighted by molar-refractivity contribution is -0.119. The fourth-order valence-electron chi connectivity index (χ4n) is 2.61. The highest BCUT2D eigenvalue weighted by Gasteiger charge is 2.20. The second-order valence-electron chi connectivity index (χ2n) is 5.63. The molecule has 0 bridgehead atoms. The van der Waals surface area contributed by atoms with Crippen LogP contribution in [0.1, 0.15) is 15.9 Å². The lowest BCUT2D eigenvalue weighted by atomic mass is 10.0. The van der Waals surface area contributed by atoms with E-state index >= 15 is 0 Å². The predicted molar refractivity (Wildman–Crippen MR) is 97.3 cm³/mol. The van der Waals surface area contributed by atoms with Crippen molar-refractivity contribution in [2.75, 3.05) is 0 Å². The number of hydrogen-bond acceptors (Lipinski definition) is 3. The van der Waals surface area contributed by atoms with Crippen LogP contribution in [-0.4, -0.2) is 22.8 Å². The number of amides is 2. The average molecular weight is 354 g/mol. The number of rotatable bonds is 5. The Bertz CT molecular complexity index is 920. The highest BCUT2D eigenvalue weighted by atomic mass is 35.5. The molecule has 3 rings (SSSR count). The Hall–Kier alpha value is -2.92. The summed E-state index contributed by atoms with van der Waals surface area (Å²) in [5.41, 5.74) is 7.48. The molecule has 3 N–H and O–H groups in total. The number of halogens is 1. The summed E-state index contributed by atoms with van der Waals surface area (Å²) in [6, 6.07) is 15.2. The number of hydrogen-bond donors (Lipinski definition) is 2. The highest BCUT2D eigenvalue weighted by molar-refractivity contribution is 6.30. The van der Waals surface area contributed by atoms with Gasteiger partial charge in [0.25, 0.3) is 5.91 Å². The van der Waals surface area contributed by atoms with Gasteiger partial charge in [-0.15, -0.1) is 0 Å². The summed E-state index contributed by atoms with van der Waals surface area (Å²) < 4.78 is 0. The van der Waals surface area contributed by atoms with Crippen molar-refractivity contribution in [2.24, 2.45) is 5.73 Å². The van der Waals surface area contributed by atoms with Crippen molar-refractivity contribution in [2.45, 2.75) is 12.5 Å². The average Bonchev–Trinajstić information content (AvgIpc) is 2.62. The normalized spacial score (nSPS) is 11.9. The first-order valence-corrected chi connectivity index (χ1v) is 8.11. The second kappa shape index (κ2) is 7.32. The molecule has 0 saturated carbocycles. The fraction of sp³-hybridized carbons (Fsp3) is 0.105. The number of carbonyl (C=O) groups excluding carboxylic acids is 2. The number of para-hydroxylation sites is 1. The van der Waals surface area contributed by atoms with Crippen LogP contribution < -0.4 is 11.1 Å². The first kappa shape index (κ1) is 16.9. The van der Waals surface area contributed by atoms with Gasteiger partial charge < -0.3 is 11.1 Å². The molecular formula is C19H16ClN3O2. The third kappa shape index (κ3) is 3.95. The predicted octanol–water partition coefficient (Wildman–Crippen LogP) is 2.71. The number of nitrogens with two attached hydrogens (primary N) is 1. The molecular weight excluding hydrogens is 338 g/mol. The number of aromatic nitrogens is 1. The van der Waals surface area contributed by atoms with Crippen molar-refractivity contribution in [3.63, 3.8) is 0 Å². The first-order valence-electron chi connectivity index (χ1n) is 7.73. The molecule has 0 aliphatic heterocycles. The maximum absolute atomic E-state index is 12.7. The minimum Gasteiger partial charge on any atom is -0.368 e. The zero-order chi connectivity index (χ0) is 17.8. The van der Waals surface area contributed by atoms with Crippen LogP contribution in [0.25, 0.3) is 10.9 Å². The summed E-state index contributed by atoms with van der Waals surface area (Å²) in [7, 11) is 0. The van der Waals surface area contributed by atoms with Gasteiger partial charge in [-0.3, -0.25) is 14.6 Å². The number of nitrogens with zero attached hydrogens (tertiary/aromatic N) is 1. The van der Waals surface area contributed by atoms with Gasteiger partial charge in [-0.1, -0.05) is 41.9 Å². The second-order valence-corrected chi connectivity index (χ2v) is 6.07. The van der Waals surface area contributed by atoms with Crippen LogP contribution >= 0.6 is 11.6 Å². The van der Waals surface area contributed by atoms with E-state index in [1.807, 2.05) is 24.3 Å². The molecule has 126 valence electrons. The van der Waals surface area contributed by atoms with Crippen molar-refractivity contribution in [3.8, 4) is 0 Å². The summed E-state index contributed by atoms with van der Waals surface area (Å²) in [6.45, 7) is 0. The van der Waals surface area contributed by atoms with Gasteiger partial charge in [0.15, 0.2) is 0 Å². The number of benzene rings is 2. The number of carbonyl (C=O) groups is 2. The van der Waals surface area contributed by atoms with E-state index < -0.39 is 11.9 Å². The SMILES string of the molecule is NC(=O)[C@H](Cc1ccc(Cl)cc1)NC(=O)c1ccnc2ccccc12. The first-order chi connectivity index (χ1) is 12.0. The molecule has 1 aromatic heterocycles. The van der Waals surface area contributed by atoms with Crippen molar-refractivity contribution in [1.82, 2.24) is 10.3 Å². The van der Waals surface area contributed by atoms with Gasteiger partial charge in [-0.2, -0.15) is 0 Å². The molecule has 5 nitrogen and oxygen atoms in total. The molecule has 1 heterocycles. The fourth-order valence-corrected chi connectivity index (χ4v) is 2.73. The Morgan fingerprint density at radius 2 is 1.80 bits per heavy atom. The maximum Gasteiger partial charge on any atom is 0.252 e. The lowest BCUT2D eigenvalue weighted by Gasteiger charge is -2.16. The molecule has 0 spiro atoms. The minimum atomic E-state index is -0.819. The van der Waals surface area contributed by atoms with Crippen molar-refractivity contribution >= 4 is 34.3 Å². The van der Waals surface area contributed by atoms with E-state index in [1.165, 1.54) is 0 Å². The van der Waals surface area contributed by atoms with Gasteiger partial charge in [0.05, 0.1) is 11.1 Å². The van der Waals surface area contributed by atoms with E-state index in [4.69, 9.17) is 17.3 Å². The van der Waals surface area contributed by atoms with Gasteiger partial charge in [-0.25, -0.2) is 0 Å². The number of nitrogens with one attached hydrogen (secondary N) is 1. The molecule has 0 aliphatic rings. The quantitative estimate of drug-likeness (QED) is 0.739. The Morgan fingerprint density at radius 1 is 1.08 bits per heavy atom. The van der Waals surface area contributed by atoms with Crippen LogP contribution in [0, 0.1) is 0 Å². The number of primary amides is 1. The van der Waals surface area contributed by atoms with Crippen LogP contribution in [0.2, 0.25) is 5.02 Å². The Kier molecular flexibility index (Phi) is 4.95. The lowest BCUT2D eigenvalue weighted by Crippen LogP contribution is -2.45. The third-order valence-electron chi connectivity index (χ3n) is 3.90. The molecule has 1 atom stereocenters. The van der Waals surface area contributed by atoms with Gasteiger partial charge in [0.1, 0.15) is 6.04 Å². The summed E-state index contributed by atoms with van der Waals surface area (Å²) >= 11 is 5.86. The Balaban J connectivity index is 1.83. The van der Waals surface area contributed by atoms with E-state index in [1.54, 1.807) is 36.5 Å². The zero-order valence-electron chi connectivity index (χ0n) is 13.3. The minimum absolute atomic E-state index is 0.293. The Morgan fingerprint density at radius 3 is 2.52 bits per heavy atom. The van der Waals surface area contributed by atoms with E-state index in [9.17, 15) is 9.59 Å². The van der Waals surface area contributed by atoms with E-state index in [0.29, 0.717) is 22.5 Å². The smallest absolute Gasteiger partial charge is 0.252 e. The van der Waals surface area contributed by atoms with Gasteiger partial charge >= 0.3 is 0 Å². The molecule has 3 aromatic rings. The van der Waals surface area contributed by atoms with Crippen molar-refractivity contribution in [1.29, 1.82) is 0 Å². The van der Waals surface area contributed by atoms with Gasteiger partial charge in [0, 0.05) is 23.0 Å². The van der Waals surface area contributed by atoms with E-state index in [0.717, 1.165) is 10.9 Å². The molecule has 25 heavy (non-hydrogen) atoms. The topological polar surface area (TPSA) is 85.1 Å². The summed E-state index contributed by atoms with van der Waals surface area (Å²) in [5.74, 6) is -0.960. The summed E-state index contributed by atoms with van der Waals surface area (Å²) in [5, 5.41) is 4.04. The molecule has 0 unspecified atom stereocenters. The van der Waals surface area contributed by atoms with Crippen LogP contribution in [0.5, 0.6) is 0 Å². The largest absolute Gasteiger partial charge is 0.368 e. The van der Waals surface area contributed by atoms with Crippen molar-refractivity contribution in [3.05, 3.63) is 76.9 Å². The summed E-state index contributed by atoms with van der Waals surface area (Å²) in [6.07, 6.45) is 1.86. The monoisotopic (exact) mass is 353 g/mol. The van der Waals surface area contributed by atoms with Crippen LogP contribution in [0.3, 0.4) is 0 Å². The maximum atomic E-state index is 12.7. The van der Waals surface area contributed by atoms with Crippen molar-refractivity contribution < 1.29 is 9.59 Å². The number of fused-ring (bicyclic) bond motifs is 1. The molecule has 2 amide bonds. The molecule has 0 saturated heterocycles. The molecule has 0 fully saturated rings. The van der Waals surface area contributed by atoms with Gasteiger partial charge in [0.2, 0.25) is 5.91 Å². The van der Waals surface area contributed by atoms with E-state index in [-0.39, 0.29) is 5.91 Å². The molecule has 0 aliphatic carbocycles. The molecule has 2 aromatic carbocycles. The summed E-state index contributed by atoms with van der Waals surface area (Å²) in [4.78, 5) is 28.7. The third-order valence-corrected chi connectivity index (χ3v) is 4.15. The zero-order valence-corrected chi connectivity index (χ0v) is 14.0. The van der Waals surface area contributed by atoms with Crippen LogP contribution in [0.15, 0.2) is 60.8 Å². The number of pyridine rings is 1. The standard InChI is InChI=1S/C19H16ClN3O2/c20-13-7-5-12(6-8-13)11-17(18(21)24)23-19(25)15-9-10-22-16-4-2-1-3-14(15)16/h1-10,17H,11H2,(H2,21,24)(H,23,25)/t17-/m0/s1. The van der Waals surface area contributed by atoms with Crippen LogP contribution in [0.4, 0.5) is 0 Å². The Labute approximate surface area is 149 Å². The van der Waals surface area contributed by atoms with E-state index in [2.05, 4.69) is 10.3 Å². The van der Waals surface area contributed by atoms with Gasteiger partial charge in [-0.05, 0) is 29.8 Å². The molecule has 6 heteroatoms. The van der Waals surface area contributed by atoms with Crippen LogP contribution in [-0.2, 0) is 11.2 Å².